The first-order valence-electron chi connectivity index (χ1n) is 5.74. The first-order chi connectivity index (χ1) is 7.24. The van der Waals surface area contributed by atoms with Gasteiger partial charge in [0.25, 0.3) is 0 Å². The van der Waals surface area contributed by atoms with E-state index in [0.29, 0.717) is 6.54 Å². The summed E-state index contributed by atoms with van der Waals surface area (Å²) < 4.78 is 0. The molecule has 2 unspecified atom stereocenters. The van der Waals surface area contributed by atoms with Crippen molar-refractivity contribution in [3.8, 4) is 0 Å². The highest BCUT2D eigenvalue weighted by atomic mass is 16.2. The normalized spacial score (nSPS) is 30.1. The SMILES string of the molecule is CNCCCN1C(=O)C2CCC(C2)C1=O. The molecule has 1 saturated heterocycles. The number of hydrogen-bond donors (Lipinski definition) is 1. The van der Waals surface area contributed by atoms with Crippen LogP contribution in [0.2, 0.25) is 0 Å². The van der Waals surface area contributed by atoms with Crippen molar-refractivity contribution in [3.05, 3.63) is 0 Å². The van der Waals surface area contributed by atoms with Crippen molar-refractivity contribution >= 4 is 11.8 Å². The molecule has 2 atom stereocenters. The number of piperidine rings is 1. The van der Waals surface area contributed by atoms with E-state index in [0.717, 1.165) is 32.2 Å². The lowest BCUT2D eigenvalue weighted by Crippen LogP contribution is -2.46. The van der Waals surface area contributed by atoms with Crippen LogP contribution in [0.15, 0.2) is 0 Å². The molecule has 1 aliphatic heterocycles. The average molecular weight is 210 g/mol. The predicted octanol–water partition coefficient (Wildman–Crippen LogP) is 0.381. The van der Waals surface area contributed by atoms with Gasteiger partial charge < -0.3 is 5.32 Å². The van der Waals surface area contributed by atoms with Crippen LogP contribution in [0.4, 0.5) is 0 Å². The zero-order valence-electron chi connectivity index (χ0n) is 9.16. The van der Waals surface area contributed by atoms with Crippen molar-refractivity contribution in [2.24, 2.45) is 11.8 Å². The second kappa shape index (κ2) is 4.31. The van der Waals surface area contributed by atoms with E-state index < -0.39 is 0 Å². The lowest BCUT2D eigenvalue weighted by Gasteiger charge is -2.29. The third kappa shape index (κ3) is 1.91. The number of nitrogens with one attached hydrogen (secondary N) is 1. The van der Waals surface area contributed by atoms with Crippen molar-refractivity contribution in [2.45, 2.75) is 25.7 Å². The molecule has 1 aliphatic carbocycles. The van der Waals surface area contributed by atoms with Crippen LogP contribution in [0.5, 0.6) is 0 Å². The summed E-state index contributed by atoms with van der Waals surface area (Å²) in [5, 5.41) is 3.03. The predicted molar refractivity (Wildman–Crippen MR) is 56.1 cm³/mol. The number of carbonyl (C=O) groups excluding carboxylic acids is 2. The molecule has 4 heteroatoms. The maximum atomic E-state index is 11.9. The van der Waals surface area contributed by atoms with E-state index in [4.69, 9.17) is 0 Å². The third-order valence-corrected chi connectivity index (χ3v) is 3.47. The summed E-state index contributed by atoms with van der Waals surface area (Å²) in [4.78, 5) is 25.2. The van der Waals surface area contributed by atoms with Crippen LogP contribution in [0.3, 0.4) is 0 Å². The molecule has 84 valence electrons. The summed E-state index contributed by atoms with van der Waals surface area (Å²) in [6, 6.07) is 0. The van der Waals surface area contributed by atoms with Gasteiger partial charge in [-0.2, -0.15) is 0 Å². The van der Waals surface area contributed by atoms with Gasteiger partial charge in [-0.15, -0.1) is 0 Å². The van der Waals surface area contributed by atoms with E-state index in [1.807, 2.05) is 7.05 Å². The summed E-state index contributed by atoms with van der Waals surface area (Å²) in [6.07, 6.45) is 3.49. The summed E-state index contributed by atoms with van der Waals surface area (Å²) in [6.45, 7) is 1.44. The molecule has 2 rings (SSSR count). The molecular weight excluding hydrogens is 192 g/mol. The number of rotatable bonds is 4. The second-order valence-corrected chi connectivity index (χ2v) is 4.49. The monoisotopic (exact) mass is 210 g/mol. The molecular formula is C11H18N2O2. The summed E-state index contributed by atoms with van der Waals surface area (Å²) in [5.74, 6) is 0.430. The number of amides is 2. The standard InChI is InChI=1S/C11H18N2O2/c1-12-5-2-6-13-10(14)8-3-4-9(7-8)11(13)15/h8-9,12H,2-7H2,1H3. The first kappa shape index (κ1) is 10.6. The smallest absolute Gasteiger partial charge is 0.232 e. The minimum Gasteiger partial charge on any atom is -0.320 e. The van der Waals surface area contributed by atoms with Crippen LogP contribution in [-0.4, -0.2) is 36.9 Å². The fraction of sp³-hybridized carbons (Fsp3) is 0.818. The topological polar surface area (TPSA) is 49.4 Å². The van der Waals surface area contributed by atoms with Gasteiger partial charge in [0.05, 0.1) is 0 Å². The van der Waals surface area contributed by atoms with Crippen molar-refractivity contribution in [1.82, 2.24) is 10.2 Å². The molecule has 4 nitrogen and oxygen atoms in total. The Morgan fingerprint density at radius 3 is 2.40 bits per heavy atom. The van der Waals surface area contributed by atoms with Crippen LogP contribution in [-0.2, 0) is 9.59 Å². The van der Waals surface area contributed by atoms with Crippen molar-refractivity contribution in [2.75, 3.05) is 20.1 Å². The Labute approximate surface area is 90.0 Å². The molecule has 0 aromatic rings. The lowest BCUT2D eigenvalue weighted by molar-refractivity contribution is -0.152. The molecule has 2 aliphatic rings. The molecule has 0 aromatic heterocycles. The largest absolute Gasteiger partial charge is 0.320 e. The Balaban J connectivity index is 1.97. The van der Waals surface area contributed by atoms with Gasteiger partial charge in [-0.25, -0.2) is 0 Å². The Bertz CT molecular complexity index is 256. The van der Waals surface area contributed by atoms with Crippen molar-refractivity contribution in [3.63, 3.8) is 0 Å². The molecule has 0 aromatic carbocycles. The Morgan fingerprint density at radius 2 is 1.87 bits per heavy atom. The summed E-state index contributed by atoms with van der Waals surface area (Å²) in [7, 11) is 1.88. The number of carbonyl (C=O) groups is 2. The van der Waals surface area contributed by atoms with Crippen LogP contribution >= 0.6 is 0 Å². The van der Waals surface area contributed by atoms with Gasteiger partial charge in [-0.05, 0) is 39.3 Å². The third-order valence-electron chi connectivity index (χ3n) is 3.47. The molecule has 1 heterocycles. The number of hydrogen-bond acceptors (Lipinski definition) is 3. The Kier molecular flexibility index (Phi) is 3.05. The van der Waals surface area contributed by atoms with E-state index in [-0.39, 0.29) is 23.7 Å². The van der Waals surface area contributed by atoms with E-state index >= 15 is 0 Å². The zero-order valence-corrected chi connectivity index (χ0v) is 9.16. The van der Waals surface area contributed by atoms with Gasteiger partial charge in [0.2, 0.25) is 11.8 Å². The number of fused-ring (bicyclic) bond motifs is 2. The molecule has 2 bridgehead atoms. The van der Waals surface area contributed by atoms with Gasteiger partial charge in [-0.3, -0.25) is 14.5 Å². The average Bonchev–Trinajstić information content (AvgIpc) is 2.67. The Morgan fingerprint density at radius 1 is 1.27 bits per heavy atom. The first-order valence-corrected chi connectivity index (χ1v) is 5.74. The lowest BCUT2D eigenvalue weighted by atomic mass is 9.97. The molecule has 0 spiro atoms. The van der Waals surface area contributed by atoms with Crippen LogP contribution in [0, 0.1) is 11.8 Å². The maximum Gasteiger partial charge on any atom is 0.232 e. The highest BCUT2D eigenvalue weighted by Gasteiger charge is 2.44. The van der Waals surface area contributed by atoms with Crippen molar-refractivity contribution < 1.29 is 9.59 Å². The second-order valence-electron chi connectivity index (χ2n) is 4.49. The summed E-state index contributed by atoms with van der Waals surface area (Å²) in [5.41, 5.74) is 0. The fourth-order valence-electron chi connectivity index (χ4n) is 2.61. The van der Waals surface area contributed by atoms with E-state index in [1.54, 1.807) is 0 Å². The minimum absolute atomic E-state index is 0.0739. The molecule has 15 heavy (non-hydrogen) atoms. The van der Waals surface area contributed by atoms with Crippen LogP contribution < -0.4 is 5.32 Å². The highest BCUT2D eigenvalue weighted by Crippen LogP contribution is 2.37. The molecule has 1 saturated carbocycles. The molecule has 2 fully saturated rings. The van der Waals surface area contributed by atoms with E-state index in [2.05, 4.69) is 5.32 Å². The Hall–Kier alpha value is -0.900. The van der Waals surface area contributed by atoms with E-state index in [1.165, 1.54) is 4.90 Å². The highest BCUT2D eigenvalue weighted by molar-refractivity contribution is 6.00. The zero-order chi connectivity index (χ0) is 10.8. The van der Waals surface area contributed by atoms with E-state index in [9.17, 15) is 9.59 Å². The van der Waals surface area contributed by atoms with Crippen LogP contribution in [0.25, 0.3) is 0 Å². The molecule has 2 amide bonds. The fourth-order valence-corrected chi connectivity index (χ4v) is 2.61. The molecule has 1 N–H and O–H groups in total. The maximum absolute atomic E-state index is 11.9. The summed E-state index contributed by atoms with van der Waals surface area (Å²) >= 11 is 0. The minimum atomic E-state index is 0.0739. The number of nitrogens with zero attached hydrogens (tertiary/aromatic N) is 1. The van der Waals surface area contributed by atoms with Gasteiger partial charge in [0, 0.05) is 18.4 Å². The number of imide groups is 1. The van der Waals surface area contributed by atoms with Gasteiger partial charge >= 0.3 is 0 Å². The van der Waals surface area contributed by atoms with Crippen LogP contribution in [0.1, 0.15) is 25.7 Å². The number of likely N-dealkylation sites (tertiary alicyclic amines) is 1. The van der Waals surface area contributed by atoms with Gasteiger partial charge in [-0.1, -0.05) is 0 Å². The van der Waals surface area contributed by atoms with Gasteiger partial charge in [0.1, 0.15) is 0 Å². The quantitative estimate of drug-likeness (QED) is 0.539. The van der Waals surface area contributed by atoms with Crippen molar-refractivity contribution in [1.29, 1.82) is 0 Å². The molecule has 0 radical (unpaired) electrons. The van der Waals surface area contributed by atoms with Gasteiger partial charge in [0.15, 0.2) is 0 Å².